The molecule has 1 aromatic carbocycles. The Balaban J connectivity index is 1.64. The molecule has 0 atom stereocenters. The standard InChI is InChI=1S/C17H19FN4OS/c18-15-10-13(11-21-17(19)22-6-8-24-9-7-22)3-4-16(15)23-14-2-1-5-20-12-14/h1-5,10,12H,6-9,11H2,(H2,19,21). The van der Waals surface area contributed by atoms with Gasteiger partial charge in [-0.05, 0) is 29.8 Å². The lowest BCUT2D eigenvalue weighted by Crippen LogP contribution is -2.42. The maximum Gasteiger partial charge on any atom is 0.191 e. The third-order valence-corrected chi connectivity index (χ3v) is 4.56. The number of aromatic nitrogens is 1. The van der Waals surface area contributed by atoms with Crippen LogP contribution < -0.4 is 10.5 Å². The van der Waals surface area contributed by atoms with E-state index in [0.29, 0.717) is 18.3 Å². The molecule has 5 nitrogen and oxygen atoms in total. The third-order valence-electron chi connectivity index (χ3n) is 3.62. The number of hydrogen-bond acceptors (Lipinski definition) is 4. The molecule has 1 aromatic heterocycles. The van der Waals surface area contributed by atoms with E-state index in [4.69, 9.17) is 10.5 Å². The van der Waals surface area contributed by atoms with Crippen LogP contribution in [0.1, 0.15) is 5.56 Å². The second-order valence-corrected chi connectivity index (χ2v) is 6.55. The van der Waals surface area contributed by atoms with Crippen LogP contribution in [-0.2, 0) is 6.54 Å². The minimum Gasteiger partial charge on any atom is -0.453 e. The monoisotopic (exact) mass is 346 g/mol. The first-order valence-electron chi connectivity index (χ1n) is 7.71. The highest BCUT2D eigenvalue weighted by molar-refractivity contribution is 7.99. The molecule has 0 aliphatic carbocycles. The SMILES string of the molecule is NC(=NCc1ccc(Oc2cccnc2)c(F)c1)N1CCSCC1. The molecule has 0 radical (unpaired) electrons. The van der Waals surface area contributed by atoms with Crippen molar-refractivity contribution in [2.45, 2.75) is 6.54 Å². The van der Waals surface area contributed by atoms with Gasteiger partial charge < -0.3 is 15.4 Å². The fourth-order valence-corrected chi connectivity index (χ4v) is 3.23. The largest absolute Gasteiger partial charge is 0.453 e. The van der Waals surface area contributed by atoms with Crippen molar-refractivity contribution in [2.75, 3.05) is 24.6 Å². The summed E-state index contributed by atoms with van der Waals surface area (Å²) in [7, 11) is 0. The van der Waals surface area contributed by atoms with Gasteiger partial charge in [-0.1, -0.05) is 6.07 Å². The van der Waals surface area contributed by atoms with Crippen LogP contribution in [0.25, 0.3) is 0 Å². The number of pyridine rings is 1. The second kappa shape index (κ2) is 8.01. The molecule has 1 fully saturated rings. The number of halogens is 1. The summed E-state index contributed by atoms with van der Waals surface area (Å²) in [6, 6.07) is 8.27. The topological polar surface area (TPSA) is 63.7 Å². The molecule has 1 saturated heterocycles. The molecule has 0 amide bonds. The smallest absolute Gasteiger partial charge is 0.191 e. The lowest BCUT2D eigenvalue weighted by molar-refractivity contribution is 0.440. The van der Waals surface area contributed by atoms with E-state index < -0.39 is 5.82 Å². The van der Waals surface area contributed by atoms with Gasteiger partial charge in [0.15, 0.2) is 17.5 Å². The number of hydrogen-bond donors (Lipinski definition) is 1. The zero-order valence-electron chi connectivity index (χ0n) is 13.2. The predicted octanol–water partition coefficient (Wildman–Crippen LogP) is 2.88. The van der Waals surface area contributed by atoms with Crippen LogP contribution in [0.3, 0.4) is 0 Å². The van der Waals surface area contributed by atoms with Gasteiger partial charge in [0.05, 0.1) is 12.7 Å². The van der Waals surface area contributed by atoms with E-state index in [0.717, 1.165) is 30.2 Å². The molecule has 0 saturated carbocycles. The second-order valence-electron chi connectivity index (χ2n) is 5.33. The normalized spacial score (nSPS) is 15.4. The summed E-state index contributed by atoms with van der Waals surface area (Å²) in [4.78, 5) is 10.4. The number of aliphatic imine (C=N–C) groups is 1. The van der Waals surface area contributed by atoms with Crippen molar-refractivity contribution in [1.29, 1.82) is 0 Å². The van der Waals surface area contributed by atoms with Crippen molar-refractivity contribution in [3.05, 3.63) is 54.1 Å². The Hall–Kier alpha value is -2.28. The molecule has 2 aromatic rings. The number of ether oxygens (including phenoxy) is 1. The van der Waals surface area contributed by atoms with Crippen molar-refractivity contribution in [3.8, 4) is 11.5 Å². The zero-order valence-corrected chi connectivity index (χ0v) is 14.0. The van der Waals surface area contributed by atoms with E-state index in [1.54, 1.807) is 30.5 Å². The van der Waals surface area contributed by atoms with E-state index in [9.17, 15) is 4.39 Å². The van der Waals surface area contributed by atoms with Crippen molar-refractivity contribution in [2.24, 2.45) is 10.7 Å². The lowest BCUT2D eigenvalue weighted by Gasteiger charge is -2.27. The number of rotatable bonds is 4. The first-order chi connectivity index (χ1) is 11.7. The highest BCUT2D eigenvalue weighted by Gasteiger charge is 2.12. The van der Waals surface area contributed by atoms with Crippen LogP contribution in [0, 0.1) is 5.82 Å². The summed E-state index contributed by atoms with van der Waals surface area (Å²) in [6.07, 6.45) is 3.17. The van der Waals surface area contributed by atoms with Crippen LogP contribution in [0.5, 0.6) is 11.5 Å². The van der Waals surface area contributed by atoms with Gasteiger partial charge in [0, 0.05) is 30.8 Å². The van der Waals surface area contributed by atoms with Gasteiger partial charge >= 0.3 is 0 Å². The van der Waals surface area contributed by atoms with Gasteiger partial charge in [-0.2, -0.15) is 11.8 Å². The Morgan fingerprint density at radius 1 is 1.33 bits per heavy atom. The molecule has 3 rings (SSSR count). The van der Waals surface area contributed by atoms with E-state index in [1.807, 2.05) is 11.8 Å². The highest BCUT2D eigenvalue weighted by Crippen LogP contribution is 2.24. The summed E-state index contributed by atoms with van der Waals surface area (Å²) in [5.74, 6) is 2.87. The molecule has 2 N–H and O–H groups in total. The van der Waals surface area contributed by atoms with Crippen LogP contribution in [-0.4, -0.2) is 40.4 Å². The van der Waals surface area contributed by atoms with Gasteiger partial charge in [0.25, 0.3) is 0 Å². The summed E-state index contributed by atoms with van der Waals surface area (Å²) < 4.78 is 19.7. The van der Waals surface area contributed by atoms with E-state index in [2.05, 4.69) is 14.9 Å². The molecule has 126 valence electrons. The van der Waals surface area contributed by atoms with Gasteiger partial charge in [-0.3, -0.25) is 4.98 Å². The Labute approximate surface area is 144 Å². The fourth-order valence-electron chi connectivity index (χ4n) is 2.32. The first-order valence-corrected chi connectivity index (χ1v) is 8.87. The Bertz CT molecular complexity index is 705. The quantitative estimate of drug-likeness (QED) is 0.681. The van der Waals surface area contributed by atoms with Crippen molar-refractivity contribution in [1.82, 2.24) is 9.88 Å². The van der Waals surface area contributed by atoms with Crippen molar-refractivity contribution >= 4 is 17.7 Å². The van der Waals surface area contributed by atoms with Gasteiger partial charge in [0.2, 0.25) is 0 Å². The molecular weight excluding hydrogens is 327 g/mol. The minimum absolute atomic E-state index is 0.164. The number of nitrogens with two attached hydrogens (primary N) is 1. The third kappa shape index (κ3) is 4.38. The zero-order chi connectivity index (χ0) is 16.8. The first kappa shape index (κ1) is 16.6. The van der Waals surface area contributed by atoms with E-state index >= 15 is 0 Å². The average molecular weight is 346 g/mol. The lowest BCUT2D eigenvalue weighted by atomic mass is 10.2. The van der Waals surface area contributed by atoms with Crippen LogP contribution in [0.2, 0.25) is 0 Å². The molecule has 2 heterocycles. The van der Waals surface area contributed by atoms with Crippen LogP contribution in [0.4, 0.5) is 4.39 Å². The average Bonchev–Trinajstić information content (AvgIpc) is 2.63. The van der Waals surface area contributed by atoms with E-state index in [1.165, 1.54) is 12.3 Å². The Kier molecular flexibility index (Phi) is 5.53. The predicted molar refractivity (Wildman–Crippen MR) is 94.9 cm³/mol. The van der Waals surface area contributed by atoms with Crippen molar-refractivity contribution in [3.63, 3.8) is 0 Å². The molecule has 0 bridgehead atoms. The van der Waals surface area contributed by atoms with Crippen LogP contribution in [0.15, 0.2) is 47.7 Å². The number of thioether (sulfide) groups is 1. The Morgan fingerprint density at radius 2 is 2.17 bits per heavy atom. The molecule has 0 unspecified atom stereocenters. The summed E-state index contributed by atoms with van der Waals surface area (Å²) in [5.41, 5.74) is 6.76. The molecule has 1 aliphatic rings. The molecule has 7 heteroatoms. The summed E-state index contributed by atoms with van der Waals surface area (Å²) in [6.45, 7) is 2.16. The van der Waals surface area contributed by atoms with E-state index in [-0.39, 0.29) is 5.75 Å². The maximum absolute atomic E-state index is 14.2. The van der Waals surface area contributed by atoms with Crippen LogP contribution >= 0.6 is 11.8 Å². The molecule has 0 spiro atoms. The number of guanidine groups is 1. The Morgan fingerprint density at radius 3 is 2.88 bits per heavy atom. The summed E-state index contributed by atoms with van der Waals surface area (Å²) in [5, 5.41) is 0. The molecule has 24 heavy (non-hydrogen) atoms. The van der Waals surface area contributed by atoms with Gasteiger partial charge in [-0.25, -0.2) is 9.38 Å². The minimum atomic E-state index is -0.431. The highest BCUT2D eigenvalue weighted by atomic mass is 32.2. The molecule has 1 aliphatic heterocycles. The maximum atomic E-state index is 14.2. The number of nitrogens with zero attached hydrogens (tertiary/aromatic N) is 3. The van der Waals surface area contributed by atoms with Gasteiger partial charge in [0.1, 0.15) is 5.75 Å². The summed E-state index contributed by atoms with van der Waals surface area (Å²) >= 11 is 1.91. The number of benzene rings is 1. The molecular formula is C17H19FN4OS. The fraction of sp³-hybridized carbons (Fsp3) is 0.294. The van der Waals surface area contributed by atoms with Crippen molar-refractivity contribution < 1.29 is 9.13 Å². The van der Waals surface area contributed by atoms with Gasteiger partial charge in [-0.15, -0.1) is 0 Å².